The molecule has 0 bridgehead atoms. The molecule has 12 nitrogen and oxygen atoms in total. The molecule has 235 valence electrons. The van der Waals surface area contributed by atoms with Crippen molar-refractivity contribution in [1.29, 1.82) is 1.34 Å². The number of carbonyl (C=O) groups excluding carboxylic acids is 2. The van der Waals surface area contributed by atoms with E-state index < -0.39 is 94.5 Å². The van der Waals surface area contributed by atoms with E-state index in [2.05, 4.69) is 23.6 Å². The summed E-state index contributed by atoms with van der Waals surface area (Å²) in [6.45, 7) is 1.50. The van der Waals surface area contributed by atoms with E-state index in [1.165, 1.54) is 6.82 Å². The predicted molar refractivity (Wildman–Crippen MR) is 125 cm³/mol. The second kappa shape index (κ2) is 18.9. The smallest absolute Gasteiger partial charge is 0.298 e. The molecule has 0 fully saturated rings. The Morgan fingerprint density at radius 1 is 0.952 bits per heavy atom. The zero-order valence-electron chi connectivity index (χ0n) is 24.3. The van der Waals surface area contributed by atoms with E-state index in [0.717, 1.165) is 7.81 Å². The third kappa shape index (κ3) is 11.4. The Kier molecular flexibility index (Phi) is 15.6. The zero-order chi connectivity index (χ0) is 37.3. The van der Waals surface area contributed by atoms with Gasteiger partial charge in [0.1, 0.15) is 30.0 Å². The molecule has 0 saturated heterocycles. The maximum atomic E-state index is 13.0. The van der Waals surface area contributed by atoms with Crippen molar-refractivity contribution < 1.29 is 84.6 Å². The number of hydrogen-bond acceptors (Lipinski definition) is 11. The molecule has 24 heteroatoms. The highest BCUT2D eigenvalue weighted by molar-refractivity contribution is 7.86. The summed E-state index contributed by atoms with van der Waals surface area (Å²) in [6.07, 6.45) is -1.97. The molecule has 4 N–H and O–H groups in total. The predicted octanol–water partition coefficient (Wildman–Crippen LogP) is 0.364. The minimum atomic E-state index is -5.82. The monoisotopic (exact) mass is 663 g/mol. The van der Waals surface area contributed by atoms with Crippen LogP contribution in [0.2, 0.25) is 13.1 Å². The normalized spacial score (nSPS) is 11.3. The second-order valence-electron chi connectivity index (χ2n) is 5.75. The molecule has 0 aromatic heterocycles. The van der Waals surface area contributed by atoms with Gasteiger partial charge in [-0.3, -0.25) is 9.59 Å². The Bertz CT molecular complexity index is 1520. The number of rotatable bonds is 5. The molecule has 42 heavy (non-hydrogen) atoms. The summed E-state index contributed by atoms with van der Waals surface area (Å²) in [4.78, 5) is 15.7. The average molecular weight is 663 g/mol. The van der Waals surface area contributed by atoms with Gasteiger partial charge >= 0.3 is 0 Å². The van der Waals surface area contributed by atoms with Gasteiger partial charge in [-0.25, -0.2) is 34.4 Å². The number of phenolic OH excluding ortho intramolecular Hbond substituents is 1. The van der Waals surface area contributed by atoms with Gasteiger partial charge in [-0.2, -0.15) is 17.6 Å². The van der Waals surface area contributed by atoms with Gasteiger partial charge in [0.2, 0.25) is 34.9 Å². The fourth-order valence-electron chi connectivity index (χ4n) is 1.83. The van der Waals surface area contributed by atoms with Crippen LogP contribution in [0.3, 0.4) is 0 Å². The number of ether oxygens (including phenoxy) is 1. The second-order valence-corrected chi connectivity index (χ2v) is 8.38. The van der Waals surface area contributed by atoms with Gasteiger partial charge in [0.15, 0.2) is 30.4 Å². The lowest BCUT2D eigenvalue weighted by Crippen LogP contribution is -2.15. The van der Waals surface area contributed by atoms with E-state index >= 15 is 0 Å². The van der Waals surface area contributed by atoms with Crippen molar-refractivity contribution in [2.24, 2.45) is 5.73 Å². The van der Waals surface area contributed by atoms with Gasteiger partial charge in [-0.05, 0) is 14.7 Å². The minimum Gasteiger partial charge on any atom is -0.744 e. The van der Waals surface area contributed by atoms with E-state index in [-0.39, 0.29) is 26.3 Å². The Morgan fingerprint density at radius 3 is 1.55 bits per heavy atom. The molecule has 0 atom stereocenters. The van der Waals surface area contributed by atoms with Crippen molar-refractivity contribution in [1.82, 2.24) is 5.32 Å². The third-order valence-corrected chi connectivity index (χ3v) is 5.13. The van der Waals surface area contributed by atoms with Crippen LogP contribution in [0.1, 0.15) is 4.11 Å². The Labute approximate surface area is 240 Å². The first-order valence-corrected chi connectivity index (χ1v) is 12.1. The molecular formula is C18H17B2F8N2O10S2-2. The van der Waals surface area contributed by atoms with Crippen molar-refractivity contribution in [3.05, 3.63) is 46.5 Å². The molecule has 2 rings (SSSR count). The quantitative estimate of drug-likeness (QED) is 0.131. The maximum Gasteiger partial charge on any atom is 0.298 e. The van der Waals surface area contributed by atoms with Crippen LogP contribution >= 0.6 is 0 Å². The topological polar surface area (TPSA) is 216 Å². The Balaban J connectivity index is -0.000000593. The minimum absolute atomic E-state index is 0. The molecule has 2 aromatic rings. The summed E-state index contributed by atoms with van der Waals surface area (Å²) in [5, 5.41) is 10.7. The van der Waals surface area contributed by atoms with Crippen LogP contribution < -0.4 is 15.8 Å². The molecule has 1 amide bonds. The number of hydrogen-bond donors (Lipinski definition) is 3. The number of benzene rings is 2. The van der Waals surface area contributed by atoms with Crippen molar-refractivity contribution in [2.75, 3.05) is 14.0 Å². The van der Waals surface area contributed by atoms with Gasteiger partial charge in [-0.1, -0.05) is 6.82 Å². The summed E-state index contributed by atoms with van der Waals surface area (Å²) >= 11 is 0. The molecule has 2 aromatic carbocycles. The number of nitrogens with two attached hydrogens (primary N) is 1. The van der Waals surface area contributed by atoms with Gasteiger partial charge in [0, 0.05) is 9.77 Å². The van der Waals surface area contributed by atoms with Crippen LogP contribution in [0.25, 0.3) is 0 Å². The molecule has 0 aliphatic carbocycles. The Morgan fingerprint density at radius 2 is 1.29 bits per heavy atom. The zero-order valence-corrected chi connectivity index (χ0v) is 21.9. The molecular weight excluding hydrogens is 642 g/mol. The third-order valence-electron chi connectivity index (χ3n) is 3.41. The largest absolute Gasteiger partial charge is 0.744 e. The van der Waals surface area contributed by atoms with Crippen LogP contribution in [0.15, 0.2) is 9.79 Å². The SMILES string of the molecule is O=S(=O)([O-])c1c(F)c(F)c(O)c(F)c1F.[2H]C(=O)Oc1c(F)c(F)c(S(=O)(=O)[O-])c(F)c1F.[2H]CN.[2H][B]CC(=O)NC[2H].[B]C. The highest BCUT2D eigenvalue weighted by atomic mass is 32.2. The van der Waals surface area contributed by atoms with Crippen LogP contribution in [0, 0.1) is 46.5 Å². The van der Waals surface area contributed by atoms with Crippen molar-refractivity contribution in [3.63, 3.8) is 0 Å². The van der Waals surface area contributed by atoms with E-state index in [0.29, 0.717) is 0 Å². The maximum absolute atomic E-state index is 13.0. The van der Waals surface area contributed by atoms with E-state index in [4.69, 9.17) is 10.6 Å². The molecule has 0 aliphatic heterocycles. The van der Waals surface area contributed by atoms with Crippen LogP contribution in [0.5, 0.6) is 11.5 Å². The van der Waals surface area contributed by atoms with Crippen LogP contribution in [0.4, 0.5) is 35.1 Å². The highest BCUT2D eigenvalue weighted by Gasteiger charge is 2.30. The first-order chi connectivity index (χ1) is 21.0. The Hall–Kier alpha value is -3.47. The van der Waals surface area contributed by atoms with Crippen LogP contribution in [-0.2, 0) is 29.8 Å². The van der Waals surface area contributed by atoms with E-state index in [9.17, 15) is 70.7 Å². The van der Waals surface area contributed by atoms with Crippen LogP contribution in [-0.4, -0.2) is 74.4 Å². The lowest BCUT2D eigenvalue weighted by Gasteiger charge is -2.12. The lowest BCUT2D eigenvalue weighted by molar-refractivity contribution is -0.121. The summed E-state index contributed by atoms with van der Waals surface area (Å²) in [5.41, 5.74) is 4.51. The summed E-state index contributed by atoms with van der Waals surface area (Å²) in [6, 6.07) is 0. The van der Waals surface area contributed by atoms with Crippen molar-refractivity contribution in [3.8, 4) is 11.5 Å². The summed E-state index contributed by atoms with van der Waals surface area (Å²) in [7, 11) is -6.14. The molecule has 0 aliphatic rings. The molecule has 0 saturated carbocycles. The summed E-state index contributed by atoms with van der Waals surface area (Å²) < 4.78 is 193. The van der Waals surface area contributed by atoms with Gasteiger partial charge < -0.3 is 30.0 Å². The average Bonchev–Trinajstić information content (AvgIpc) is 2.93. The van der Waals surface area contributed by atoms with Gasteiger partial charge in [-0.15, -0.1) is 0 Å². The first-order valence-electron chi connectivity index (χ1n) is 11.8. The fourth-order valence-corrected chi connectivity index (χ4v) is 3.07. The lowest BCUT2D eigenvalue weighted by atomic mass is 10.1. The van der Waals surface area contributed by atoms with Gasteiger partial charge in [0.05, 0.1) is 15.7 Å². The highest BCUT2D eigenvalue weighted by Crippen LogP contribution is 2.32. The number of nitrogens with one attached hydrogen (secondary N) is 1. The number of amides is 1. The summed E-state index contributed by atoms with van der Waals surface area (Å²) in [5.74, 6) is -23.8. The van der Waals surface area contributed by atoms with Crippen molar-refractivity contribution in [2.45, 2.75) is 22.9 Å². The standard InChI is InChI=1S/C7H2F4O5S.C6H2F4O4S.C3H7BNO.CH3B.CH5N/c8-2-4(10)7(17(13,14)15)5(11)3(9)6(2)16-1-12;7-1-3(9)6(15(12,13)14)4(10)2(8)5(1)11;1-5-3(6)2-4;2*1-2/h1H,(H,13,14,15);11H,(H,12,13,14);4H,2H2,1H3,(H,5,6);1H3;2H2,1H3/p-2/i1D;;1D,4D;;1D. The number of aromatic hydroxyl groups is 1. The number of halogens is 8. The molecule has 0 unspecified atom stereocenters. The molecule has 0 spiro atoms. The first kappa shape index (κ1) is 34.7. The van der Waals surface area contributed by atoms with E-state index in [1.54, 1.807) is 0 Å². The van der Waals surface area contributed by atoms with Crippen molar-refractivity contribution >= 4 is 48.2 Å². The number of phenols is 1. The van der Waals surface area contributed by atoms with E-state index in [1.807, 2.05) is 0 Å². The molecule has 3 radical (unpaired) electrons. The fraction of sp³-hybridized carbons (Fsp3) is 0.222. The number of carbonyl (C=O) groups is 2. The van der Waals surface area contributed by atoms with Gasteiger partial charge in [0.25, 0.3) is 6.45 Å². The molecule has 0 heterocycles.